The second-order valence-corrected chi connectivity index (χ2v) is 3.91. The molecule has 0 unspecified atom stereocenters. The Morgan fingerprint density at radius 2 is 2.20 bits per heavy atom. The average molecular weight is 213 g/mol. The zero-order chi connectivity index (χ0) is 10.8. The van der Waals surface area contributed by atoms with Crippen LogP contribution in [0.1, 0.15) is 12.0 Å². The van der Waals surface area contributed by atoms with E-state index in [1.165, 1.54) is 12.1 Å². The van der Waals surface area contributed by atoms with Gasteiger partial charge in [-0.2, -0.15) is 0 Å². The van der Waals surface area contributed by atoms with Crippen molar-refractivity contribution in [1.29, 1.82) is 0 Å². The number of aliphatic hydroxyl groups is 1. The van der Waals surface area contributed by atoms with Crippen LogP contribution in [0, 0.1) is 11.6 Å². The number of halogens is 2. The monoisotopic (exact) mass is 213 g/mol. The quantitative estimate of drug-likeness (QED) is 0.805. The Bertz CT molecular complexity index is 356. The Hall–Kier alpha value is -1.00. The minimum absolute atomic E-state index is 0.312. The molecule has 15 heavy (non-hydrogen) atoms. The van der Waals surface area contributed by atoms with E-state index in [1.54, 1.807) is 0 Å². The number of hydrogen-bond acceptors (Lipinski definition) is 2. The summed E-state index contributed by atoms with van der Waals surface area (Å²) in [6.45, 7) is 1.76. The van der Waals surface area contributed by atoms with Crippen molar-refractivity contribution in [2.75, 3.05) is 13.1 Å². The molecule has 1 heterocycles. The number of nitrogens with zero attached hydrogens (tertiary/aromatic N) is 1. The molecule has 0 aromatic heterocycles. The van der Waals surface area contributed by atoms with Gasteiger partial charge in [-0.25, -0.2) is 8.78 Å². The lowest BCUT2D eigenvalue weighted by molar-refractivity contribution is 0.174. The Labute approximate surface area is 87.1 Å². The molecule has 2 nitrogen and oxygen atoms in total. The van der Waals surface area contributed by atoms with Crippen molar-refractivity contribution >= 4 is 0 Å². The van der Waals surface area contributed by atoms with E-state index >= 15 is 0 Å². The van der Waals surface area contributed by atoms with Crippen LogP contribution < -0.4 is 0 Å². The predicted molar refractivity (Wildman–Crippen MR) is 52.3 cm³/mol. The summed E-state index contributed by atoms with van der Waals surface area (Å²) in [5, 5.41) is 9.30. The van der Waals surface area contributed by atoms with Gasteiger partial charge in [0.2, 0.25) is 0 Å². The van der Waals surface area contributed by atoms with E-state index in [-0.39, 0.29) is 6.10 Å². The van der Waals surface area contributed by atoms with E-state index in [1.807, 2.05) is 4.90 Å². The van der Waals surface area contributed by atoms with Gasteiger partial charge in [0.15, 0.2) is 0 Å². The lowest BCUT2D eigenvalue weighted by Gasteiger charge is -2.15. The highest BCUT2D eigenvalue weighted by Gasteiger charge is 2.20. The zero-order valence-corrected chi connectivity index (χ0v) is 8.29. The van der Waals surface area contributed by atoms with Crippen LogP contribution in [0.3, 0.4) is 0 Å². The first-order chi connectivity index (χ1) is 7.15. The lowest BCUT2D eigenvalue weighted by Crippen LogP contribution is -2.22. The maximum Gasteiger partial charge on any atom is 0.130 e. The van der Waals surface area contributed by atoms with Crippen LogP contribution in [0.5, 0.6) is 0 Å². The molecular weight excluding hydrogens is 200 g/mol. The van der Waals surface area contributed by atoms with E-state index in [0.29, 0.717) is 18.7 Å². The molecule has 0 bridgehead atoms. The Morgan fingerprint density at radius 3 is 2.80 bits per heavy atom. The molecule has 4 heteroatoms. The standard InChI is InChI=1S/C11H13F2NO/c12-9-2-1-8(11(13)5-9)6-14-4-3-10(15)7-14/h1-2,5,10,15H,3-4,6-7H2/t10-/m1/s1. The molecule has 1 saturated heterocycles. The molecule has 1 N–H and O–H groups in total. The van der Waals surface area contributed by atoms with Crippen molar-refractivity contribution in [3.05, 3.63) is 35.4 Å². The summed E-state index contributed by atoms with van der Waals surface area (Å²) in [6.07, 6.45) is 0.413. The molecule has 2 rings (SSSR count). The number of likely N-dealkylation sites (tertiary alicyclic amines) is 1. The van der Waals surface area contributed by atoms with Gasteiger partial charge in [0.1, 0.15) is 11.6 Å². The Balaban J connectivity index is 2.04. The number of aliphatic hydroxyl groups excluding tert-OH is 1. The molecule has 0 saturated carbocycles. The SMILES string of the molecule is O[C@@H]1CCN(Cc2ccc(F)cc2F)C1. The molecule has 82 valence electrons. The van der Waals surface area contributed by atoms with Crippen molar-refractivity contribution in [2.45, 2.75) is 19.1 Å². The third-order valence-electron chi connectivity index (χ3n) is 2.66. The van der Waals surface area contributed by atoms with E-state index < -0.39 is 11.6 Å². The Morgan fingerprint density at radius 1 is 1.40 bits per heavy atom. The number of β-amino-alcohol motifs (C(OH)–C–C–N with tert-alkyl or cyclic N) is 1. The summed E-state index contributed by atoms with van der Waals surface area (Å²) in [5.41, 5.74) is 0.477. The highest BCUT2D eigenvalue weighted by atomic mass is 19.1. The van der Waals surface area contributed by atoms with Crippen LogP contribution in [0.15, 0.2) is 18.2 Å². The molecule has 1 aromatic rings. The second kappa shape index (κ2) is 4.24. The van der Waals surface area contributed by atoms with E-state index in [2.05, 4.69) is 0 Å². The summed E-state index contributed by atoms with van der Waals surface area (Å²) in [7, 11) is 0. The molecule has 1 fully saturated rings. The summed E-state index contributed by atoms with van der Waals surface area (Å²) in [5.74, 6) is -1.07. The highest BCUT2D eigenvalue weighted by Crippen LogP contribution is 2.16. The van der Waals surface area contributed by atoms with Crippen LogP contribution in [0.4, 0.5) is 8.78 Å². The molecule has 1 aliphatic heterocycles. The fourth-order valence-electron chi connectivity index (χ4n) is 1.85. The summed E-state index contributed by atoms with van der Waals surface area (Å²) < 4.78 is 25.9. The van der Waals surface area contributed by atoms with E-state index in [4.69, 9.17) is 0 Å². The van der Waals surface area contributed by atoms with Gasteiger partial charge in [-0.1, -0.05) is 6.07 Å². The topological polar surface area (TPSA) is 23.5 Å². The maximum absolute atomic E-state index is 13.3. The minimum Gasteiger partial charge on any atom is -0.392 e. The van der Waals surface area contributed by atoms with E-state index in [9.17, 15) is 13.9 Å². The predicted octanol–water partition coefficient (Wildman–Crippen LogP) is 1.53. The zero-order valence-electron chi connectivity index (χ0n) is 8.29. The van der Waals surface area contributed by atoms with Crippen molar-refractivity contribution in [1.82, 2.24) is 4.90 Å². The van der Waals surface area contributed by atoms with Crippen LogP contribution in [0.25, 0.3) is 0 Å². The molecule has 0 aliphatic carbocycles. The van der Waals surface area contributed by atoms with Crippen molar-refractivity contribution in [3.8, 4) is 0 Å². The second-order valence-electron chi connectivity index (χ2n) is 3.91. The normalized spacial score (nSPS) is 22.2. The molecule has 1 aromatic carbocycles. The fraction of sp³-hybridized carbons (Fsp3) is 0.455. The van der Waals surface area contributed by atoms with E-state index in [0.717, 1.165) is 19.0 Å². The maximum atomic E-state index is 13.3. The van der Waals surface area contributed by atoms with Gasteiger partial charge >= 0.3 is 0 Å². The first-order valence-corrected chi connectivity index (χ1v) is 4.99. The summed E-state index contributed by atoms with van der Waals surface area (Å²) in [6, 6.07) is 3.60. The summed E-state index contributed by atoms with van der Waals surface area (Å²) >= 11 is 0. The van der Waals surface area contributed by atoms with Gasteiger partial charge in [0.05, 0.1) is 6.10 Å². The van der Waals surface area contributed by atoms with Crippen molar-refractivity contribution in [3.63, 3.8) is 0 Å². The van der Waals surface area contributed by atoms with Gasteiger partial charge in [-0.15, -0.1) is 0 Å². The number of benzene rings is 1. The number of rotatable bonds is 2. The van der Waals surface area contributed by atoms with Crippen LogP contribution in [-0.4, -0.2) is 29.2 Å². The van der Waals surface area contributed by atoms with Crippen molar-refractivity contribution in [2.24, 2.45) is 0 Å². The molecular formula is C11H13F2NO. The van der Waals surface area contributed by atoms with Gasteiger partial charge < -0.3 is 5.11 Å². The fourth-order valence-corrected chi connectivity index (χ4v) is 1.85. The largest absolute Gasteiger partial charge is 0.392 e. The first kappa shape index (κ1) is 10.5. The minimum atomic E-state index is -0.558. The van der Waals surface area contributed by atoms with Gasteiger partial charge in [0.25, 0.3) is 0 Å². The van der Waals surface area contributed by atoms with Crippen LogP contribution in [-0.2, 0) is 6.54 Å². The lowest BCUT2D eigenvalue weighted by atomic mass is 10.2. The molecule has 0 spiro atoms. The third-order valence-corrected chi connectivity index (χ3v) is 2.66. The van der Waals surface area contributed by atoms with Crippen molar-refractivity contribution < 1.29 is 13.9 Å². The molecule has 1 aliphatic rings. The molecule has 0 radical (unpaired) electrons. The third kappa shape index (κ3) is 2.52. The van der Waals surface area contributed by atoms with Crippen LogP contribution >= 0.6 is 0 Å². The van der Waals surface area contributed by atoms with Gasteiger partial charge in [-0.3, -0.25) is 4.90 Å². The van der Waals surface area contributed by atoms with Crippen LogP contribution in [0.2, 0.25) is 0 Å². The molecule has 1 atom stereocenters. The molecule has 0 amide bonds. The highest BCUT2D eigenvalue weighted by molar-refractivity contribution is 5.18. The average Bonchev–Trinajstić information content (AvgIpc) is 2.56. The first-order valence-electron chi connectivity index (χ1n) is 4.99. The number of hydrogen-bond donors (Lipinski definition) is 1. The van der Waals surface area contributed by atoms with Gasteiger partial charge in [0, 0.05) is 31.3 Å². The Kier molecular flexibility index (Phi) is 2.98. The van der Waals surface area contributed by atoms with Gasteiger partial charge in [-0.05, 0) is 12.5 Å². The summed E-state index contributed by atoms with van der Waals surface area (Å²) in [4.78, 5) is 1.96. The smallest absolute Gasteiger partial charge is 0.130 e.